The third-order valence-corrected chi connectivity index (χ3v) is 6.69. The standard InChI is InChI=1S/C18H27ClN2O4S/c1-14(13-25-2)20-18(22)12-21(16-6-4-3-5-7-16)26(23,24)17-10-8-15(19)9-11-17/h8-11,14,16H,3-7,12-13H2,1-2H3,(H,20,22)/t14-/m1/s1. The van der Waals surface area contributed by atoms with Crippen molar-refractivity contribution in [2.24, 2.45) is 0 Å². The Morgan fingerprint density at radius 3 is 2.46 bits per heavy atom. The quantitative estimate of drug-likeness (QED) is 0.725. The zero-order chi connectivity index (χ0) is 19.2. The van der Waals surface area contributed by atoms with Gasteiger partial charge in [-0.15, -0.1) is 0 Å². The lowest BCUT2D eigenvalue weighted by Crippen LogP contribution is -2.49. The predicted octanol–water partition coefficient (Wildman–Crippen LogP) is 2.81. The number of methoxy groups -OCH3 is 1. The van der Waals surface area contributed by atoms with Gasteiger partial charge in [-0.2, -0.15) is 4.31 Å². The second-order valence-electron chi connectivity index (χ2n) is 6.72. The number of benzene rings is 1. The first-order chi connectivity index (χ1) is 12.3. The largest absolute Gasteiger partial charge is 0.383 e. The number of nitrogens with one attached hydrogen (secondary N) is 1. The van der Waals surface area contributed by atoms with Gasteiger partial charge in [0.1, 0.15) is 0 Å². The van der Waals surface area contributed by atoms with Crippen molar-refractivity contribution in [3.8, 4) is 0 Å². The molecule has 0 saturated heterocycles. The summed E-state index contributed by atoms with van der Waals surface area (Å²) in [5.74, 6) is -0.322. The number of carbonyl (C=O) groups excluding carboxylic acids is 1. The number of ether oxygens (including phenoxy) is 1. The van der Waals surface area contributed by atoms with Gasteiger partial charge in [0.05, 0.1) is 18.0 Å². The fraction of sp³-hybridized carbons (Fsp3) is 0.611. The maximum Gasteiger partial charge on any atom is 0.243 e. The van der Waals surface area contributed by atoms with Crippen LogP contribution in [0.25, 0.3) is 0 Å². The minimum absolute atomic E-state index is 0.158. The normalized spacial score (nSPS) is 17.2. The van der Waals surface area contributed by atoms with Gasteiger partial charge in [-0.25, -0.2) is 8.42 Å². The molecule has 0 bridgehead atoms. The van der Waals surface area contributed by atoms with E-state index in [4.69, 9.17) is 16.3 Å². The molecule has 1 fully saturated rings. The van der Waals surface area contributed by atoms with E-state index in [1.807, 2.05) is 6.92 Å². The van der Waals surface area contributed by atoms with E-state index in [2.05, 4.69) is 5.32 Å². The predicted molar refractivity (Wildman–Crippen MR) is 102 cm³/mol. The van der Waals surface area contributed by atoms with Crippen LogP contribution in [0.4, 0.5) is 0 Å². The number of halogens is 1. The van der Waals surface area contributed by atoms with E-state index in [1.54, 1.807) is 19.2 Å². The van der Waals surface area contributed by atoms with Crippen LogP contribution in [-0.4, -0.2) is 51.0 Å². The third kappa shape index (κ3) is 5.67. The van der Waals surface area contributed by atoms with Crippen LogP contribution in [-0.2, 0) is 19.6 Å². The van der Waals surface area contributed by atoms with Gasteiger partial charge in [0.15, 0.2) is 0 Å². The minimum Gasteiger partial charge on any atom is -0.383 e. The molecule has 1 aliphatic rings. The van der Waals surface area contributed by atoms with Crippen molar-refractivity contribution in [2.45, 2.75) is 56.0 Å². The lowest BCUT2D eigenvalue weighted by molar-refractivity contribution is -0.122. The Labute approximate surface area is 160 Å². The summed E-state index contributed by atoms with van der Waals surface area (Å²) >= 11 is 5.88. The molecule has 1 amide bonds. The van der Waals surface area contributed by atoms with Gasteiger partial charge in [-0.3, -0.25) is 4.79 Å². The molecule has 0 aliphatic heterocycles. The Bertz CT molecular complexity index is 688. The van der Waals surface area contributed by atoms with Crippen LogP contribution in [0, 0.1) is 0 Å². The Kier molecular flexibility index (Phi) is 7.88. The molecule has 146 valence electrons. The van der Waals surface area contributed by atoms with Gasteiger partial charge in [-0.1, -0.05) is 30.9 Å². The van der Waals surface area contributed by atoms with Gasteiger partial charge < -0.3 is 10.1 Å². The fourth-order valence-electron chi connectivity index (χ4n) is 3.27. The van der Waals surface area contributed by atoms with Gasteiger partial charge in [0.25, 0.3) is 0 Å². The van der Waals surface area contributed by atoms with E-state index in [-0.39, 0.29) is 29.4 Å². The zero-order valence-corrected chi connectivity index (χ0v) is 16.9. The number of hydrogen-bond donors (Lipinski definition) is 1. The Morgan fingerprint density at radius 1 is 1.27 bits per heavy atom. The molecule has 1 N–H and O–H groups in total. The topological polar surface area (TPSA) is 75.7 Å². The highest BCUT2D eigenvalue weighted by molar-refractivity contribution is 7.89. The van der Waals surface area contributed by atoms with Crippen LogP contribution in [0.5, 0.6) is 0 Å². The smallest absolute Gasteiger partial charge is 0.243 e. The SMILES string of the molecule is COC[C@@H](C)NC(=O)CN(C1CCCCC1)S(=O)(=O)c1ccc(Cl)cc1. The van der Waals surface area contributed by atoms with Gasteiger partial charge in [0, 0.05) is 24.2 Å². The Hall–Kier alpha value is -1.15. The Balaban J connectivity index is 2.22. The molecule has 8 heteroatoms. The molecule has 1 aromatic carbocycles. The minimum atomic E-state index is -3.78. The second-order valence-corrected chi connectivity index (χ2v) is 9.05. The van der Waals surface area contributed by atoms with Crippen LogP contribution in [0.15, 0.2) is 29.2 Å². The molecule has 0 spiro atoms. The summed E-state index contributed by atoms with van der Waals surface area (Å²) in [5.41, 5.74) is 0. The lowest BCUT2D eigenvalue weighted by Gasteiger charge is -2.33. The summed E-state index contributed by atoms with van der Waals surface area (Å²) in [6.45, 7) is 2.00. The van der Waals surface area contributed by atoms with Crippen molar-refractivity contribution in [3.63, 3.8) is 0 Å². The van der Waals surface area contributed by atoms with Crippen molar-refractivity contribution >= 4 is 27.5 Å². The van der Waals surface area contributed by atoms with Crippen LogP contribution in [0.2, 0.25) is 5.02 Å². The van der Waals surface area contributed by atoms with E-state index >= 15 is 0 Å². The first kappa shape index (κ1) is 21.2. The molecule has 0 heterocycles. The third-order valence-electron chi connectivity index (χ3n) is 4.53. The Morgan fingerprint density at radius 2 is 1.88 bits per heavy atom. The summed E-state index contributed by atoms with van der Waals surface area (Å²) in [6, 6.07) is 5.73. The van der Waals surface area contributed by atoms with E-state index < -0.39 is 10.0 Å². The summed E-state index contributed by atoms with van der Waals surface area (Å²) < 4.78 is 32.7. The van der Waals surface area contributed by atoms with Gasteiger partial charge >= 0.3 is 0 Å². The van der Waals surface area contributed by atoms with Crippen LogP contribution >= 0.6 is 11.6 Å². The van der Waals surface area contributed by atoms with Crippen molar-refractivity contribution in [2.75, 3.05) is 20.3 Å². The van der Waals surface area contributed by atoms with Crippen LogP contribution < -0.4 is 5.32 Å². The number of nitrogens with zero attached hydrogens (tertiary/aromatic N) is 1. The molecular weight excluding hydrogens is 376 g/mol. The molecule has 2 rings (SSSR count). The molecular formula is C18H27ClN2O4S. The first-order valence-corrected chi connectivity index (χ1v) is 10.7. The maximum atomic E-state index is 13.2. The maximum absolute atomic E-state index is 13.2. The number of rotatable bonds is 8. The summed E-state index contributed by atoms with van der Waals surface area (Å²) in [4.78, 5) is 12.6. The number of sulfonamides is 1. The highest BCUT2D eigenvalue weighted by Crippen LogP contribution is 2.28. The highest BCUT2D eigenvalue weighted by atomic mass is 35.5. The molecule has 1 aromatic rings. The van der Waals surface area contributed by atoms with Crippen molar-refractivity contribution in [3.05, 3.63) is 29.3 Å². The van der Waals surface area contributed by atoms with E-state index in [0.717, 1.165) is 32.1 Å². The molecule has 6 nitrogen and oxygen atoms in total. The first-order valence-electron chi connectivity index (χ1n) is 8.90. The molecule has 1 saturated carbocycles. The number of hydrogen-bond acceptors (Lipinski definition) is 4. The van der Waals surface area contributed by atoms with Crippen LogP contribution in [0.1, 0.15) is 39.0 Å². The van der Waals surface area contributed by atoms with E-state index in [1.165, 1.54) is 16.4 Å². The van der Waals surface area contributed by atoms with Crippen molar-refractivity contribution < 1.29 is 17.9 Å². The van der Waals surface area contributed by atoms with Gasteiger partial charge in [-0.05, 0) is 44.0 Å². The van der Waals surface area contributed by atoms with E-state index in [9.17, 15) is 13.2 Å². The number of amides is 1. The van der Waals surface area contributed by atoms with Crippen LogP contribution in [0.3, 0.4) is 0 Å². The molecule has 1 atom stereocenters. The average molecular weight is 403 g/mol. The van der Waals surface area contributed by atoms with Gasteiger partial charge in [0.2, 0.25) is 15.9 Å². The molecule has 0 aromatic heterocycles. The molecule has 0 unspecified atom stereocenters. The second kappa shape index (κ2) is 9.69. The summed E-state index contributed by atoms with van der Waals surface area (Å²) in [6.07, 6.45) is 4.59. The fourth-order valence-corrected chi connectivity index (χ4v) is 5.04. The molecule has 1 aliphatic carbocycles. The zero-order valence-electron chi connectivity index (χ0n) is 15.3. The molecule has 0 radical (unpaired) electrons. The van der Waals surface area contributed by atoms with E-state index in [0.29, 0.717) is 11.6 Å². The highest BCUT2D eigenvalue weighted by Gasteiger charge is 2.34. The molecule has 26 heavy (non-hydrogen) atoms. The summed E-state index contributed by atoms with van der Waals surface area (Å²) in [5, 5.41) is 3.26. The summed E-state index contributed by atoms with van der Waals surface area (Å²) in [7, 11) is -2.22. The lowest BCUT2D eigenvalue weighted by atomic mass is 9.95. The van der Waals surface area contributed by atoms with Crippen molar-refractivity contribution in [1.82, 2.24) is 9.62 Å². The monoisotopic (exact) mass is 402 g/mol. The number of carbonyl (C=O) groups is 1. The van der Waals surface area contributed by atoms with Crippen molar-refractivity contribution in [1.29, 1.82) is 0 Å². The average Bonchev–Trinajstić information content (AvgIpc) is 2.61.